The van der Waals surface area contributed by atoms with Crippen molar-refractivity contribution in [2.75, 3.05) is 18.4 Å². The lowest BCUT2D eigenvalue weighted by Gasteiger charge is -2.26. The molecule has 1 atom stereocenters. The first-order valence-electron chi connectivity index (χ1n) is 32.2. The molecule has 3 amide bonds. The fraction of sp³-hybridized carbons (Fsp3) is 0.165. The van der Waals surface area contributed by atoms with Gasteiger partial charge in [0, 0.05) is 65.6 Å². The van der Waals surface area contributed by atoms with Crippen LogP contribution in [0.25, 0.3) is 52.0 Å². The number of hydrazine groups is 1. The van der Waals surface area contributed by atoms with Crippen LogP contribution < -0.4 is 16.1 Å². The SMILES string of the molecule is C/C(=C\c1ccc(Cl)cc1)c1c(C)c(C(=O)N[C@H](C)c2ccccc2)nn1-c1ccc(Cl)cc1Cl.C/C(=C\c1ccc(Cl)cc1)c1c(C)c(C(=O)Nc2ccccc2)nn1-c1ccc(Cl)cc1Cl.C/C(=C\c1cccc(Cl)c1)c1c(C)c(C(=O)NN2CCCCC2)nn1-c1ccc(Cl)cc1Cl. The maximum atomic E-state index is 13.3. The second-order valence-corrected chi connectivity index (χ2v) is 27.9. The Labute approximate surface area is 632 Å². The third-order valence-corrected chi connectivity index (χ3v) is 18.9. The Balaban J connectivity index is 0.000000163. The Morgan fingerprint density at radius 3 is 1.20 bits per heavy atom. The number of carbonyl (C=O) groups excluding carboxylic acids is 3. The Morgan fingerprint density at radius 2 is 0.782 bits per heavy atom. The highest BCUT2D eigenvalue weighted by molar-refractivity contribution is 6.37. The van der Waals surface area contributed by atoms with Crippen LogP contribution >= 0.6 is 104 Å². The molecular weight excluding hydrogens is 1460 g/mol. The predicted octanol–water partition coefficient (Wildman–Crippen LogP) is 23.0. The molecule has 0 bridgehead atoms. The molecule has 4 heterocycles. The molecule has 0 spiro atoms. The van der Waals surface area contributed by atoms with Gasteiger partial charge in [-0.15, -0.1) is 0 Å². The van der Waals surface area contributed by atoms with Gasteiger partial charge in [0.2, 0.25) is 0 Å². The number of para-hydroxylation sites is 1. The minimum Gasteiger partial charge on any atom is -0.344 e. The topological polar surface area (TPSA) is 144 Å². The first-order valence-corrected chi connectivity index (χ1v) is 35.6. The zero-order valence-electron chi connectivity index (χ0n) is 56.0. The minimum atomic E-state index is -0.303. The maximum Gasteiger partial charge on any atom is 0.286 e. The molecular formula is C79H69Cl9N10O3. The summed E-state index contributed by atoms with van der Waals surface area (Å²) in [6.07, 6.45) is 9.38. The molecule has 1 saturated heterocycles. The molecule has 1 aliphatic rings. The molecule has 0 radical (unpaired) electrons. The summed E-state index contributed by atoms with van der Waals surface area (Å²) >= 11 is 56.2. The van der Waals surface area contributed by atoms with Gasteiger partial charge in [-0.3, -0.25) is 19.8 Å². The van der Waals surface area contributed by atoms with Crippen molar-refractivity contribution in [2.45, 2.75) is 73.8 Å². The van der Waals surface area contributed by atoms with Crippen molar-refractivity contribution in [1.29, 1.82) is 0 Å². The van der Waals surface area contributed by atoms with Gasteiger partial charge in [0.15, 0.2) is 17.1 Å². The molecule has 0 saturated carbocycles. The maximum absolute atomic E-state index is 13.3. The molecule has 516 valence electrons. The monoisotopic (exact) mass is 1520 g/mol. The number of carbonyl (C=O) groups is 3. The highest BCUT2D eigenvalue weighted by Crippen LogP contribution is 2.36. The number of rotatable bonds is 16. The van der Waals surface area contributed by atoms with Gasteiger partial charge in [0.1, 0.15) is 0 Å². The van der Waals surface area contributed by atoms with E-state index in [4.69, 9.17) is 115 Å². The average Bonchev–Trinajstić information content (AvgIpc) is 1.64. The van der Waals surface area contributed by atoms with Crippen molar-refractivity contribution in [2.24, 2.45) is 0 Å². The lowest BCUT2D eigenvalue weighted by Crippen LogP contribution is -2.45. The predicted molar refractivity (Wildman–Crippen MR) is 420 cm³/mol. The van der Waals surface area contributed by atoms with E-state index in [-0.39, 0.29) is 23.8 Å². The first-order chi connectivity index (χ1) is 48.4. The molecule has 0 aliphatic carbocycles. The number of hydrogen-bond acceptors (Lipinski definition) is 7. The van der Waals surface area contributed by atoms with E-state index in [2.05, 4.69) is 21.2 Å². The summed E-state index contributed by atoms with van der Waals surface area (Å²) in [4.78, 5) is 39.6. The number of benzene rings is 8. The fourth-order valence-electron chi connectivity index (χ4n) is 11.7. The van der Waals surface area contributed by atoms with Crippen LogP contribution in [0.2, 0.25) is 45.2 Å². The summed E-state index contributed by atoms with van der Waals surface area (Å²) in [5, 5.41) is 26.9. The summed E-state index contributed by atoms with van der Waals surface area (Å²) in [5.74, 6) is -0.790. The summed E-state index contributed by atoms with van der Waals surface area (Å²) in [6.45, 7) is 15.2. The molecule has 1 fully saturated rings. The summed E-state index contributed by atoms with van der Waals surface area (Å²) in [7, 11) is 0. The van der Waals surface area contributed by atoms with Gasteiger partial charge >= 0.3 is 0 Å². The lowest BCUT2D eigenvalue weighted by atomic mass is 10.0. The second-order valence-electron chi connectivity index (χ2n) is 24.0. The number of aromatic nitrogens is 6. The Kier molecular flexibility index (Phi) is 25.7. The third kappa shape index (κ3) is 19.0. The van der Waals surface area contributed by atoms with Gasteiger partial charge in [-0.25, -0.2) is 19.1 Å². The Hall–Kier alpha value is -8.41. The van der Waals surface area contributed by atoms with Crippen LogP contribution in [0.3, 0.4) is 0 Å². The molecule has 8 aromatic carbocycles. The van der Waals surface area contributed by atoms with Gasteiger partial charge in [0.05, 0.1) is 55.3 Å². The van der Waals surface area contributed by atoms with E-state index in [1.54, 1.807) is 68.6 Å². The largest absolute Gasteiger partial charge is 0.344 e. The number of hydrogen-bond donors (Lipinski definition) is 3. The van der Waals surface area contributed by atoms with Crippen LogP contribution in [0.1, 0.15) is 140 Å². The van der Waals surface area contributed by atoms with Crippen LogP contribution in [-0.2, 0) is 0 Å². The van der Waals surface area contributed by atoms with E-state index in [1.165, 1.54) is 6.42 Å². The Morgan fingerprint density at radius 1 is 0.406 bits per heavy atom. The Bertz CT molecular complexity index is 4930. The van der Waals surface area contributed by atoms with E-state index in [0.717, 1.165) is 98.7 Å². The molecule has 101 heavy (non-hydrogen) atoms. The van der Waals surface area contributed by atoms with Crippen LogP contribution in [0.15, 0.2) is 188 Å². The number of nitrogens with zero attached hydrogens (tertiary/aromatic N) is 7. The van der Waals surface area contributed by atoms with Crippen molar-refractivity contribution in [1.82, 2.24) is 45.1 Å². The first kappa shape index (κ1) is 75.3. The van der Waals surface area contributed by atoms with Crippen LogP contribution in [0.4, 0.5) is 5.69 Å². The third-order valence-electron chi connectivity index (χ3n) is 16.6. The van der Waals surface area contributed by atoms with Crippen molar-refractivity contribution in [3.63, 3.8) is 0 Å². The van der Waals surface area contributed by atoms with E-state index in [9.17, 15) is 14.4 Å². The zero-order chi connectivity index (χ0) is 72.2. The molecule has 3 N–H and O–H groups in total. The van der Waals surface area contributed by atoms with E-state index >= 15 is 0 Å². The number of anilines is 1. The number of piperidine rings is 1. The van der Waals surface area contributed by atoms with Gasteiger partial charge in [-0.2, -0.15) is 15.3 Å². The van der Waals surface area contributed by atoms with Gasteiger partial charge in [0.25, 0.3) is 17.7 Å². The van der Waals surface area contributed by atoms with Crippen molar-refractivity contribution in [3.8, 4) is 17.1 Å². The molecule has 22 heteroatoms. The van der Waals surface area contributed by atoms with Crippen molar-refractivity contribution < 1.29 is 14.4 Å². The highest BCUT2D eigenvalue weighted by Gasteiger charge is 2.28. The number of amides is 3. The van der Waals surface area contributed by atoms with Crippen molar-refractivity contribution >= 4 is 163 Å². The quantitative estimate of drug-likeness (QED) is 0.0874. The fourth-order valence-corrected chi connectivity index (χ4v) is 13.6. The normalized spacial score (nSPS) is 13.0. The lowest BCUT2D eigenvalue weighted by molar-refractivity contribution is 0.0743. The zero-order valence-corrected chi connectivity index (χ0v) is 62.8. The number of nitrogens with one attached hydrogen (secondary N) is 3. The standard InChI is InChI=1S/C28H24Cl3N3O.C26H20Cl3N3O.C25H25Cl3N4O/c1-17(15-20-9-11-22(29)12-10-20)27-18(2)26(28(35)32-19(3)21-7-5-4-6-8-21)33-34(27)25-14-13-23(30)16-24(25)31;1-16(14-18-8-10-19(27)11-9-18)25-17(2)24(26(33)30-21-6-4-3-5-7-21)31-32(25)23-13-12-20(28)15-22(23)29;1-16(13-18-7-6-8-19(26)14-18)24-17(2)23(25(33)30-31-11-4-3-5-12-31)29-32(24)22-10-9-20(27)15-21(22)28/h4-16,19H,1-3H3,(H,32,35);3-15H,1-2H3,(H,30,33);6-10,13-15H,3-5,11-12H2,1-2H3,(H,30,33)/b17-15+;16-14+;16-13+/t19-;;/m1../s1. The van der Waals surface area contributed by atoms with Gasteiger partial charge in [-0.05, 0) is 222 Å². The van der Waals surface area contributed by atoms with Gasteiger partial charge in [-0.1, -0.05) is 196 Å². The summed E-state index contributed by atoms with van der Waals surface area (Å²) in [5.41, 5.74) is 17.9. The molecule has 13 nitrogen and oxygen atoms in total. The smallest absolute Gasteiger partial charge is 0.286 e. The van der Waals surface area contributed by atoms with Crippen molar-refractivity contribution in [3.05, 3.63) is 306 Å². The van der Waals surface area contributed by atoms with Crippen LogP contribution in [0, 0.1) is 20.8 Å². The molecule has 1 aliphatic heterocycles. The van der Waals surface area contributed by atoms with E-state index in [0.29, 0.717) is 85.0 Å². The minimum absolute atomic E-state index is 0.179. The molecule has 0 unspecified atom stereocenters. The van der Waals surface area contributed by atoms with Crippen LogP contribution in [0.5, 0.6) is 0 Å². The highest BCUT2D eigenvalue weighted by atomic mass is 35.5. The summed E-state index contributed by atoms with van der Waals surface area (Å²) in [6, 6.07) is 57.2. The molecule has 3 aromatic heterocycles. The van der Waals surface area contributed by atoms with Crippen LogP contribution in [-0.4, -0.2) is 65.2 Å². The molecule has 12 rings (SSSR count). The summed E-state index contributed by atoms with van der Waals surface area (Å²) < 4.78 is 5.11. The number of halogens is 9. The van der Waals surface area contributed by atoms with Gasteiger partial charge < -0.3 is 10.6 Å². The van der Waals surface area contributed by atoms with E-state index in [1.807, 2.05) is 205 Å². The van der Waals surface area contributed by atoms with E-state index < -0.39 is 0 Å². The second kappa shape index (κ2) is 34.5. The molecule has 11 aromatic rings. The average molecular weight is 1530 g/mol. The number of allylic oxidation sites excluding steroid dienone is 3.